The van der Waals surface area contributed by atoms with Crippen molar-refractivity contribution in [2.75, 3.05) is 5.32 Å². The van der Waals surface area contributed by atoms with Crippen LogP contribution in [0.15, 0.2) is 30.7 Å². The zero-order valence-electron chi connectivity index (χ0n) is 9.41. The van der Waals surface area contributed by atoms with Crippen LogP contribution in [0.4, 0.5) is 5.69 Å². The van der Waals surface area contributed by atoms with Crippen LogP contribution in [0.3, 0.4) is 0 Å². The number of nitrogens with one attached hydrogen (secondary N) is 2. The molecule has 4 nitrogen and oxygen atoms in total. The van der Waals surface area contributed by atoms with Crippen LogP contribution in [0.2, 0.25) is 10.0 Å². The van der Waals surface area contributed by atoms with Crippen LogP contribution in [-0.2, 0) is 11.2 Å². The summed E-state index contributed by atoms with van der Waals surface area (Å²) in [5, 5.41) is 3.70. The zero-order valence-corrected chi connectivity index (χ0v) is 10.9. The molecule has 2 N–H and O–H groups in total. The van der Waals surface area contributed by atoms with E-state index in [2.05, 4.69) is 15.3 Å². The summed E-state index contributed by atoms with van der Waals surface area (Å²) >= 11 is 11.7. The number of anilines is 1. The predicted octanol–water partition coefficient (Wildman–Crippen LogP) is 3.29. The van der Waals surface area contributed by atoms with E-state index in [4.69, 9.17) is 23.2 Å². The Labute approximate surface area is 114 Å². The average molecular weight is 284 g/mol. The molecule has 1 aromatic heterocycles. The number of H-pyrrole nitrogens is 1. The van der Waals surface area contributed by atoms with Crippen LogP contribution >= 0.6 is 23.2 Å². The van der Waals surface area contributed by atoms with Gasteiger partial charge in [-0.25, -0.2) is 4.98 Å². The summed E-state index contributed by atoms with van der Waals surface area (Å²) in [4.78, 5) is 18.5. The van der Waals surface area contributed by atoms with Gasteiger partial charge in [0.15, 0.2) is 0 Å². The van der Waals surface area contributed by atoms with Gasteiger partial charge in [0.25, 0.3) is 0 Å². The number of carbonyl (C=O) groups excluding carboxylic acids is 1. The van der Waals surface area contributed by atoms with E-state index in [-0.39, 0.29) is 5.91 Å². The van der Waals surface area contributed by atoms with Crippen LogP contribution in [-0.4, -0.2) is 15.9 Å². The smallest absolute Gasteiger partial charge is 0.224 e. The van der Waals surface area contributed by atoms with Crippen LogP contribution in [0.5, 0.6) is 0 Å². The number of nitrogens with zero attached hydrogens (tertiary/aromatic N) is 1. The second-order valence-corrected chi connectivity index (χ2v) is 4.59. The number of amides is 1. The summed E-state index contributed by atoms with van der Waals surface area (Å²) in [5.74, 6) is -0.103. The Kier molecular flexibility index (Phi) is 4.23. The summed E-state index contributed by atoms with van der Waals surface area (Å²) in [6, 6.07) is 4.95. The molecule has 18 heavy (non-hydrogen) atoms. The molecule has 0 saturated heterocycles. The van der Waals surface area contributed by atoms with Crippen molar-refractivity contribution < 1.29 is 4.79 Å². The van der Waals surface area contributed by atoms with E-state index >= 15 is 0 Å². The van der Waals surface area contributed by atoms with Crippen LogP contribution in [0.25, 0.3) is 0 Å². The van der Waals surface area contributed by atoms with Gasteiger partial charge in [0.2, 0.25) is 5.91 Å². The van der Waals surface area contributed by atoms with E-state index in [1.165, 1.54) is 0 Å². The largest absolute Gasteiger partial charge is 0.348 e. The van der Waals surface area contributed by atoms with Crippen molar-refractivity contribution in [3.8, 4) is 0 Å². The fraction of sp³-hybridized carbons (Fsp3) is 0.167. The number of aryl methyl sites for hydroxylation is 1. The molecule has 0 unspecified atom stereocenters. The van der Waals surface area contributed by atoms with E-state index in [1.54, 1.807) is 30.7 Å². The molecular weight excluding hydrogens is 273 g/mol. The standard InChI is InChI=1S/C12H11Cl2N3O/c13-8-1-3-11(10(14)5-8)17-12(18)4-2-9-6-15-7-16-9/h1,3,5-7H,2,4H2,(H,15,16)(H,17,18). The van der Waals surface area contributed by atoms with Crippen molar-refractivity contribution in [1.29, 1.82) is 0 Å². The Morgan fingerprint density at radius 1 is 1.39 bits per heavy atom. The lowest BCUT2D eigenvalue weighted by molar-refractivity contribution is -0.116. The normalized spacial score (nSPS) is 10.3. The fourth-order valence-electron chi connectivity index (χ4n) is 1.47. The Balaban J connectivity index is 1.91. The molecule has 0 saturated carbocycles. The van der Waals surface area contributed by atoms with Crippen molar-refractivity contribution >= 4 is 34.8 Å². The molecule has 94 valence electrons. The van der Waals surface area contributed by atoms with Crippen LogP contribution < -0.4 is 5.32 Å². The average Bonchev–Trinajstić information content (AvgIpc) is 2.83. The molecule has 2 aromatic rings. The van der Waals surface area contributed by atoms with Crippen molar-refractivity contribution in [2.24, 2.45) is 0 Å². The second-order valence-electron chi connectivity index (χ2n) is 3.75. The van der Waals surface area contributed by atoms with Gasteiger partial charge >= 0.3 is 0 Å². The van der Waals surface area contributed by atoms with E-state index in [1.807, 2.05) is 0 Å². The van der Waals surface area contributed by atoms with E-state index in [0.717, 1.165) is 5.69 Å². The number of rotatable bonds is 4. The molecule has 0 aliphatic rings. The lowest BCUT2D eigenvalue weighted by Gasteiger charge is -2.06. The van der Waals surface area contributed by atoms with Gasteiger partial charge in [-0.05, 0) is 24.6 Å². The minimum absolute atomic E-state index is 0.103. The van der Waals surface area contributed by atoms with E-state index in [0.29, 0.717) is 28.6 Å². The first-order chi connectivity index (χ1) is 8.65. The fourth-order valence-corrected chi connectivity index (χ4v) is 1.93. The number of hydrogen-bond donors (Lipinski definition) is 2. The molecule has 6 heteroatoms. The maximum Gasteiger partial charge on any atom is 0.224 e. The SMILES string of the molecule is O=C(CCc1cnc[nH]1)Nc1ccc(Cl)cc1Cl. The third kappa shape index (κ3) is 3.48. The highest BCUT2D eigenvalue weighted by molar-refractivity contribution is 6.36. The predicted molar refractivity (Wildman–Crippen MR) is 72.0 cm³/mol. The molecule has 0 radical (unpaired) electrons. The molecule has 1 aromatic carbocycles. The first kappa shape index (κ1) is 12.9. The maximum absolute atomic E-state index is 11.7. The molecule has 0 aliphatic carbocycles. The van der Waals surface area contributed by atoms with Crippen molar-refractivity contribution in [3.63, 3.8) is 0 Å². The van der Waals surface area contributed by atoms with Gasteiger partial charge in [0.1, 0.15) is 0 Å². The van der Waals surface area contributed by atoms with Gasteiger partial charge in [-0.1, -0.05) is 23.2 Å². The van der Waals surface area contributed by atoms with Crippen molar-refractivity contribution in [2.45, 2.75) is 12.8 Å². The molecule has 0 fully saturated rings. The molecule has 1 amide bonds. The van der Waals surface area contributed by atoms with Gasteiger partial charge in [0.05, 0.1) is 17.0 Å². The van der Waals surface area contributed by atoms with Gasteiger partial charge in [-0.15, -0.1) is 0 Å². The van der Waals surface area contributed by atoms with E-state index in [9.17, 15) is 4.79 Å². The number of carbonyl (C=O) groups is 1. The highest BCUT2D eigenvalue weighted by Crippen LogP contribution is 2.25. The molecule has 2 rings (SSSR count). The first-order valence-electron chi connectivity index (χ1n) is 5.37. The Hall–Kier alpha value is -1.52. The molecule has 0 bridgehead atoms. The van der Waals surface area contributed by atoms with Crippen LogP contribution in [0.1, 0.15) is 12.1 Å². The van der Waals surface area contributed by atoms with Crippen molar-refractivity contribution in [3.05, 3.63) is 46.5 Å². The summed E-state index contributed by atoms with van der Waals surface area (Å²) in [6.45, 7) is 0. The second kappa shape index (κ2) is 5.89. The van der Waals surface area contributed by atoms with Gasteiger partial charge < -0.3 is 10.3 Å². The molecule has 0 spiro atoms. The number of hydrogen-bond acceptors (Lipinski definition) is 2. The quantitative estimate of drug-likeness (QED) is 0.905. The lowest BCUT2D eigenvalue weighted by atomic mass is 10.2. The van der Waals surface area contributed by atoms with Gasteiger partial charge in [-0.2, -0.15) is 0 Å². The monoisotopic (exact) mass is 283 g/mol. The van der Waals surface area contributed by atoms with Crippen LogP contribution in [0, 0.1) is 0 Å². The minimum Gasteiger partial charge on any atom is -0.348 e. The lowest BCUT2D eigenvalue weighted by Crippen LogP contribution is -2.12. The topological polar surface area (TPSA) is 57.8 Å². The maximum atomic E-state index is 11.7. The molecule has 0 aliphatic heterocycles. The highest BCUT2D eigenvalue weighted by Gasteiger charge is 2.07. The number of imidazole rings is 1. The summed E-state index contributed by atoms with van der Waals surface area (Å²) in [6.07, 6.45) is 4.25. The molecule has 0 atom stereocenters. The van der Waals surface area contributed by atoms with Crippen molar-refractivity contribution in [1.82, 2.24) is 9.97 Å². The number of benzene rings is 1. The number of aromatic amines is 1. The Morgan fingerprint density at radius 2 is 2.22 bits per heavy atom. The third-order valence-corrected chi connectivity index (χ3v) is 2.93. The van der Waals surface area contributed by atoms with Gasteiger partial charge in [0, 0.05) is 23.3 Å². The highest BCUT2D eigenvalue weighted by atomic mass is 35.5. The molecule has 1 heterocycles. The summed E-state index contributed by atoms with van der Waals surface area (Å²) in [5.41, 5.74) is 1.49. The third-order valence-electron chi connectivity index (χ3n) is 2.38. The molecular formula is C12H11Cl2N3O. The summed E-state index contributed by atoms with van der Waals surface area (Å²) < 4.78 is 0. The first-order valence-corrected chi connectivity index (χ1v) is 6.13. The Morgan fingerprint density at radius 3 is 2.89 bits per heavy atom. The van der Waals surface area contributed by atoms with E-state index < -0.39 is 0 Å². The number of halogens is 2. The van der Waals surface area contributed by atoms with Gasteiger partial charge in [-0.3, -0.25) is 4.79 Å². The summed E-state index contributed by atoms with van der Waals surface area (Å²) in [7, 11) is 0. The zero-order chi connectivity index (χ0) is 13.0. The minimum atomic E-state index is -0.103. The Bertz CT molecular complexity index is 540. The number of aromatic nitrogens is 2.